The van der Waals surface area contributed by atoms with Crippen molar-refractivity contribution in [2.75, 3.05) is 24.5 Å². The molecule has 7 nitrogen and oxygen atoms in total. The molecule has 1 aliphatic rings. The first-order chi connectivity index (χ1) is 9.95. The molecule has 1 N–H and O–H groups in total. The second-order valence-electron chi connectivity index (χ2n) is 5.88. The first kappa shape index (κ1) is 15.8. The van der Waals surface area contributed by atoms with Gasteiger partial charge in [-0.3, -0.25) is 10.1 Å². The van der Waals surface area contributed by atoms with Gasteiger partial charge in [0.05, 0.1) is 4.92 Å². The number of nitrogens with one attached hydrogen (secondary N) is 1. The highest BCUT2D eigenvalue weighted by Gasteiger charge is 2.31. The first-order valence-corrected chi connectivity index (χ1v) is 7.67. The Hall–Kier alpha value is -1.63. The number of aromatic nitrogens is 2. The fourth-order valence-corrected chi connectivity index (χ4v) is 2.94. The molecule has 1 aromatic rings. The zero-order chi connectivity index (χ0) is 15.6. The van der Waals surface area contributed by atoms with Crippen LogP contribution in [0.3, 0.4) is 0 Å². The van der Waals surface area contributed by atoms with Crippen LogP contribution in [0, 0.1) is 17.0 Å². The molecule has 1 aromatic heterocycles. The summed E-state index contributed by atoms with van der Waals surface area (Å²) >= 11 is 0. The van der Waals surface area contributed by atoms with Crippen molar-refractivity contribution < 1.29 is 4.92 Å². The van der Waals surface area contributed by atoms with Gasteiger partial charge in [-0.05, 0) is 47.1 Å². The minimum Gasteiger partial charge on any atom is -0.350 e. The fraction of sp³-hybridized carbons (Fsp3) is 0.786. The Morgan fingerprint density at radius 3 is 2.76 bits per heavy atom. The second kappa shape index (κ2) is 6.43. The average molecular weight is 295 g/mol. The van der Waals surface area contributed by atoms with E-state index in [1.165, 1.54) is 6.42 Å². The Morgan fingerprint density at radius 1 is 1.57 bits per heavy atom. The van der Waals surface area contributed by atoms with E-state index in [4.69, 9.17) is 0 Å². The Kier molecular flexibility index (Phi) is 4.82. The SMILES string of the molecule is CCN(CC1CCCN1)c1c([N+](=O)[O-])c(C)nn1C(C)C. The highest BCUT2D eigenvalue weighted by molar-refractivity contribution is 5.61. The highest BCUT2D eigenvalue weighted by Crippen LogP contribution is 2.34. The Labute approximate surface area is 125 Å². The molecule has 0 amide bonds. The van der Waals surface area contributed by atoms with Crippen molar-refractivity contribution in [2.24, 2.45) is 0 Å². The largest absolute Gasteiger partial charge is 0.350 e. The van der Waals surface area contributed by atoms with Crippen LogP contribution in [0.15, 0.2) is 0 Å². The molecule has 2 rings (SSSR count). The number of hydrogen-bond donors (Lipinski definition) is 1. The van der Waals surface area contributed by atoms with E-state index in [1.807, 2.05) is 20.8 Å². The lowest BCUT2D eigenvalue weighted by atomic mass is 10.2. The van der Waals surface area contributed by atoms with Crippen molar-refractivity contribution in [1.82, 2.24) is 15.1 Å². The summed E-state index contributed by atoms with van der Waals surface area (Å²) in [7, 11) is 0. The van der Waals surface area contributed by atoms with Crippen molar-refractivity contribution >= 4 is 11.5 Å². The molecular weight excluding hydrogens is 270 g/mol. The first-order valence-electron chi connectivity index (χ1n) is 7.67. The van der Waals surface area contributed by atoms with Crippen LogP contribution in [0.2, 0.25) is 0 Å². The summed E-state index contributed by atoms with van der Waals surface area (Å²) in [5.74, 6) is 0.642. The number of rotatable bonds is 6. The van der Waals surface area contributed by atoms with Crippen LogP contribution in [0.5, 0.6) is 0 Å². The molecule has 2 heterocycles. The Balaban J connectivity index is 2.39. The predicted molar refractivity (Wildman–Crippen MR) is 82.9 cm³/mol. The van der Waals surface area contributed by atoms with Crippen molar-refractivity contribution in [2.45, 2.75) is 52.6 Å². The predicted octanol–water partition coefficient (Wildman–Crippen LogP) is 2.26. The zero-order valence-corrected chi connectivity index (χ0v) is 13.3. The van der Waals surface area contributed by atoms with E-state index in [0.29, 0.717) is 17.6 Å². The molecular formula is C14H25N5O2. The summed E-state index contributed by atoms with van der Waals surface area (Å²) in [5, 5.41) is 19.3. The number of likely N-dealkylation sites (N-methyl/N-ethyl adjacent to an activating group) is 1. The van der Waals surface area contributed by atoms with Gasteiger partial charge in [-0.25, -0.2) is 4.68 Å². The number of nitrogens with zero attached hydrogens (tertiary/aromatic N) is 4. The van der Waals surface area contributed by atoms with E-state index in [-0.39, 0.29) is 16.7 Å². The summed E-state index contributed by atoms with van der Waals surface area (Å²) in [6.07, 6.45) is 2.30. The summed E-state index contributed by atoms with van der Waals surface area (Å²) in [4.78, 5) is 13.2. The quantitative estimate of drug-likeness (QED) is 0.643. The summed E-state index contributed by atoms with van der Waals surface area (Å²) in [6.45, 7) is 10.3. The van der Waals surface area contributed by atoms with Crippen LogP contribution >= 0.6 is 0 Å². The normalized spacial score (nSPS) is 18.4. The van der Waals surface area contributed by atoms with Gasteiger partial charge in [0.25, 0.3) is 0 Å². The molecule has 0 aliphatic carbocycles. The van der Waals surface area contributed by atoms with Gasteiger partial charge in [0.15, 0.2) is 0 Å². The lowest BCUT2D eigenvalue weighted by Gasteiger charge is -2.27. The van der Waals surface area contributed by atoms with Gasteiger partial charge in [-0.15, -0.1) is 0 Å². The maximum atomic E-state index is 11.4. The van der Waals surface area contributed by atoms with Crippen LogP contribution in [0.25, 0.3) is 0 Å². The van der Waals surface area contributed by atoms with E-state index < -0.39 is 0 Å². The topological polar surface area (TPSA) is 76.2 Å². The zero-order valence-electron chi connectivity index (χ0n) is 13.3. The van der Waals surface area contributed by atoms with E-state index in [2.05, 4.69) is 15.3 Å². The molecule has 0 radical (unpaired) electrons. The minimum absolute atomic E-state index is 0.0954. The lowest BCUT2D eigenvalue weighted by Crippen LogP contribution is -2.39. The van der Waals surface area contributed by atoms with Gasteiger partial charge in [0.1, 0.15) is 5.69 Å². The molecule has 0 bridgehead atoms. The van der Waals surface area contributed by atoms with Gasteiger partial charge in [0, 0.05) is 25.2 Å². The lowest BCUT2D eigenvalue weighted by molar-refractivity contribution is -0.384. The third kappa shape index (κ3) is 3.18. The second-order valence-corrected chi connectivity index (χ2v) is 5.88. The van der Waals surface area contributed by atoms with Crippen LogP contribution < -0.4 is 10.2 Å². The third-order valence-electron chi connectivity index (χ3n) is 3.99. The van der Waals surface area contributed by atoms with Crippen LogP contribution in [-0.4, -0.2) is 40.4 Å². The van der Waals surface area contributed by atoms with Crippen molar-refractivity contribution in [1.29, 1.82) is 0 Å². The number of hydrogen-bond acceptors (Lipinski definition) is 5. The minimum atomic E-state index is -0.304. The van der Waals surface area contributed by atoms with Crippen molar-refractivity contribution in [3.63, 3.8) is 0 Å². The highest BCUT2D eigenvalue weighted by atomic mass is 16.6. The third-order valence-corrected chi connectivity index (χ3v) is 3.99. The molecule has 1 fully saturated rings. The van der Waals surface area contributed by atoms with Gasteiger partial charge in [-0.1, -0.05) is 0 Å². The summed E-state index contributed by atoms with van der Waals surface area (Å²) in [6, 6.07) is 0.498. The molecule has 21 heavy (non-hydrogen) atoms. The smallest absolute Gasteiger partial charge is 0.333 e. The van der Waals surface area contributed by atoms with E-state index in [9.17, 15) is 10.1 Å². The molecule has 7 heteroatoms. The van der Waals surface area contributed by atoms with E-state index >= 15 is 0 Å². The molecule has 0 saturated carbocycles. The molecule has 1 unspecified atom stereocenters. The van der Waals surface area contributed by atoms with Gasteiger partial charge in [0.2, 0.25) is 5.82 Å². The van der Waals surface area contributed by atoms with Gasteiger partial charge in [-0.2, -0.15) is 5.10 Å². The van der Waals surface area contributed by atoms with Crippen molar-refractivity contribution in [3.8, 4) is 0 Å². The summed E-state index contributed by atoms with van der Waals surface area (Å²) < 4.78 is 1.78. The number of anilines is 1. The van der Waals surface area contributed by atoms with Crippen LogP contribution in [0.1, 0.15) is 45.3 Å². The van der Waals surface area contributed by atoms with Gasteiger partial charge >= 0.3 is 5.69 Å². The Bertz CT molecular complexity index is 506. The maximum Gasteiger partial charge on any atom is 0.333 e. The molecule has 0 spiro atoms. The molecule has 118 valence electrons. The van der Waals surface area contributed by atoms with E-state index in [0.717, 1.165) is 26.1 Å². The summed E-state index contributed by atoms with van der Waals surface area (Å²) in [5.41, 5.74) is 0.630. The van der Waals surface area contributed by atoms with E-state index in [1.54, 1.807) is 11.6 Å². The maximum absolute atomic E-state index is 11.4. The molecule has 1 saturated heterocycles. The molecule has 1 atom stereocenters. The van der Waals surface area contributed by atoms with Crippen molar-refractivity contribution in [3.05, 3.63) is 15.8 Å². The fourth-order valence-electron chi connectivity index (χ4n) is 2.94. The number of aryl methyl sites for hydroxylation is 1. The Morgan fingerprint density at radius 2 is 2.29 bits per heavy atom. The molecule has 1 aliphatic heterocycles. The standard InChI is InChI=1S/C14H25N5O2/c1-5-17(9-12-7-6-8-15-12)14-13(19(20)21)11(4)16-18(14)10(2)3/h10,12,15H,5-9H2,1-4H3. The molecule has 0 aromatic carbocycles. The van der Waals surface area contributed by atoms with Crippen LogP contribution in [0.4, 0.5) is 11.5 Å². The van der Waals surface area contributed by atoms with Gasteiger partial charge < -0.3 is 10.2 Å². The monoisotopic (exact) mass is 295 g/mol. The average Bonchev–Trinajstić information content (AvgIpc) is 3.02. The van der Waals surface area contributed by atoms with Crippen LogP contribution in [-0.2, 0) is 0 Å². The number of nitro groups is 1.